The number of hydrogen-bond donors (Lipinski definition) is 1. The van der Waals surface area contributed by atoms with E-state index in [0.717, 1.165) is 0 Å². The predicted octanol–water partition coefficient (Wildman–Crippen LogP) is 2.13. The minimum Gasteiger partial charge on any atom is -0.320 e. The van der Waals surface area contributed by atoms with Crippen LogP contribution in [-0.4, -0.2) is 25.6 Å². The lowest BCUT2D eigenvalue weighted by atomic mass is 10.2. The molecular weight excluding hydrogens is 142 g/mol. The molecule has 1 N–H and O–H groups in total. The maximum Gasteiger partial charge on any atom is -0.00519 e. The third kappa shape index (κ3) is 8.31. The summed E-state index contributed by atoms with van der Waals surface area (Å²) in [6.45, 7) is 1.18. The maximum absolute atomic E-state index is 3.15. The van der Waals surface area contributed by atoms with Crippen molar-refractivity contribution in [1.29, 1.82) is 0 Å². The van der Waals surface area contributed by atoms with Crippen molar-refractivity contribution in [2.24, 2.45) is 0 Å². The zero-order valence-corrected chi connectivity index (χ0v) is 7.97. The molecule has 0 atom stereocenters. The lowest BCUT2D eigenvalue weighted by molar-refractivity contribution is 0.637. The van der Waals surface area contributed by atoms with E-state index in [1.54, 1.807) is 0 Å². The second kappa shape index (κ2) is 9.31. The minimum atomic E-state index is 1.18. The van der Waals surface area contributed by atoms with Crippen LogP contribution in [0.3, 0.4) is 0 Å². The van der Waals surface area contributed by atoms with Gasteiger partial charge in [0, 0.05) is 0 Å². The van der Waals surface area contributed by atoms with E-state index in [4.69, 9.17) is 0 Å². The molecule has 0 unspecified atom stereocenters. The van der Waals surface area contributed by atoms with Crippen molar-refractivity contribution in [2.75, 3.05) is 25.6 Å². The first-order chi connectivity index (χ1) is 4.91. The van der Waals surface area contributed by atoms with Gasteiger partial charge < -0.3 is 5.32 Å². The summed E-state index contributed by atoms with van der Waals surface area (Å²) in [6, 6.07) is 0. The number of hydrogen-bond acceptors (Lipinski definition) is 2. The zero-order chi connectivity index (χ0) is 7.66. The molecule has 0 saturated carbocycles. The number of nitrogens with one attached hydrogen (secondary N) is 1. The van der Waals surface area contributed by atoms with E-state index in [1.165, 1.54) is 38.0 Å². The molecule has 0 rings (SSSR count). The van der Waals surface area contributed by atoms with Crippen LogP contribution in [0, 0.1) is 0 Å². The van der Waals surface area contributed by atoms with E-state index in [1.807, 2.05) is 18.8 Å². The summed E-state index contributed by atoms with van der Waals surface area (Å²) in [5.41, 5.74) is 0. The highest BCUT2D eigenvalue weighted by Gasteiger charge is 1.87. The fourth-order valence-corrected chi connectivity index (χ4v) is 1.39. The minimum absolute atomic E-state index is 1.18. The van der Waals surface area contributed by atoms with Crippen LogP contribution < -0.4 is 5.32 Å². The Morgan fingerprint density at radius 1 is 1.10 bits per heavy atom. The topological polar surface area (TPSA) is 12.0 Å². The third-order valence-electron chi connectivity index (χ3n) is 1.53. The molecule has 0 aliphatic rings. The molecule has 0 aromatic rings. The van der Waals surface area contributed by atoms with Gasteiger partial charge in [0.05, 0.1) is 0 Å². The molecule has 0 aliphatic carbocycles. The first-order valence-corrected chi connectivity index (χ1v) is 5.44. The van der Waals surface area contributed by atoms with Crippen molar-refractivity contribution in [3.05, 3.63) is 0 Å². The van der Waals surface area contributed by atoms with E-state index in [2.05, 4.69) is 11.6 Å². The van der Waals surface area contributed by atoms with E-state index in [9.17, 15) is 0 Å². The summed E-state index contributed by atoms with van der Waals surface area (Å²) in [5.74, 6) is 1.33. The van der Waals surface area contributed by atoms with Crippen LogP contribution in [0.15, 0.2) is 0 Å². The van der Waals surface area contributed by atoms with Crippen LogP contribution in [0.25, 0.3) is 0 Å². The molecule has 0 aromatic carbocycles. The molecule has 0 aromatic heterocycles. The third-order valence-corrected chi connectivity index (χ3v) is 2.22. The summed E-state index contributed by atoms with van der Waals surface area (Å²) in [7, 11) is 2.02. The summed E-state index contributed by atoms with van der Waals surface area (Å²) in [6.07, 6.45) is 7.70. The average molecular weight is 161 g/mol. The van der Waals surface area contributed by atoms with Gasteiger partial charge in [-0.3, -0.25) is 0 Å². The van der Waals surface area contributed by atoms with Crippen molar-refractivity contribution < 1.29 is 0 Å². The Kier molecular flexibility index (Phi) is 9.60. The van der Waals surface area contributed by atoms with E-state index < -0.39 is 0 Å². The molecule has 0 aliphatic heterocycles. The zero-order valence-electron chi connectivity index (χ0n) is 7.15. The number of unbranched alkanes of at least 4 members (excludes halogenated alkanes) is 3. The SMILES string of the molecule is CNCCCCCCSC. The van der Waals surface area contributed by atoms with Crippen molar-refractivity contribution in [3.8, 4) is 0 Å². The maximum atomic E-state index is 3.15. The largest absolute Gasteiger partial charge is 0.320 e. The molecule has 0 radical (unpaired) electrons. The Morgan fingerprint density at radius 2 is 1.80 bits per heavy atom. The molecule has 0 saturated heterocycles. The van der Waals surface area contributed by atoms with Gasteiger partial charge in [-0.25, -0.2) is 0 Å². The Labute approximate surface area is 69.0 Å². The highest BCUT2D eigenvalue weighted by Crippen LogP contribution is 2.03. The first-order valence-electron chi connectivity index (χ1n) is 4.05. The van der Waals surface area contributed by atoms with Crippen LogP contribution in [0.1, 0.15) is 25.7 Å². The van der Waals surface area contributed by atoms with Gasteiger partial charge in [-0.05, 0) is 38.4 Å². The lowest BCUT2D eigenvalue weighted by Gasteiger charge is -1.98. The van der Waals surface area contributed by atoms with Crippen molar-refractivity contribution in [2.45, 2.75) is 25.7 Å². The van der Waals surface area contributed by atoms with Gasteiger partial charge in [0.1, 0.15) is 0 Å². The van der Waals surface area contributed by atoms with Gasteiger partial charge in [0.2, 0.25) is 0 Å². The second-order valence-electron chi connectivity index (χ2n) is 2.51. The fourth-order valence-electron chi connectivity index (χ4n) is 0.902. The quantitative estimate of drug-likeness (QED) is 0.574. The molecule has 0 fully saturated rings. The molecule has 0 spiro atoms. The van der Waals surface area contributed by atoms with Crippen LogP contribution in [0.2, 0.25) is 0 Å². The Hall–Kier alpha value is 0.310. The molecule has 2 heteroatoms. The average Bonchev–Trinajstić information content (AvgIpc) is 1.97. The molecule has 10 heavy (non-hydrogen) atoms. The summed E-state index contributed by atoms with van der Waals surface area (Å²) < 4.78 is 0. The summed E-state index contributed by atoms with van der Waals surface area (Å²) >= 11 is 1.95. The van der Waals surface area contributed by atoms with Gasteiger partial charge in [-0.1, -0.05) is 12.8 Å². The standard InChI is InChI=1S/C8H19NS/c1-9-7-5-3-4-6-8-10-2/h9H,3-8H2,1-2H3. The summed E-state index contributed by atoms with van der Waals surface area (Å²) in [4.78, 5) is 0. The van der Waals surface area contributed by atoms with Crippen LogP contribution >= 0.6 is 11.8 Å². The van der Waals surface area contributed by atoms with E-state index in [0.29, 0.717) is 0 Å². The van der Waals surface area contributed by atoms with Crippen molar-refractivity contribution in [1.82, 2.24) is 5.32 Å². The van der Waals surface area contributed by atoms with Gasteiger partial charge >= 0.3 is 0 Å². The first kappa shape index (κ1) is 10.3. The smallest absolute Gasteiger partial charge is 0.00519 e. The van der Waals surface area contributed by atoms with Gasteiger partial charge in [-0.15, -0.1) is 0 Å². The molecule has 1 nitrogen and oxygen atoms in total. The Bertz CT molecular complexity index is 49.2. The van der Waals surface area contributed by atoms with Crippen molar-refractivity contribution in [3.63, 3.8) is 0 Å². The molecule has 0 heterocycles. The second-order valence-corrected chi connectivity index (χ2v) is 3.50. The van der Waals surface area contributed by atoms with Gasteiger partial charge in [0.15, 0.2) is 0 Å². The normalized spacial score (nSPS) is 10.2. The number of rotatable bonds is 7. The number of thioether (sulfide) groups is 1. The molecular formula is C8H19NS. The van der Waals surface area contributed by atoms with Gasteiger partial charge in [-0.2, -0.15) is 11.8 Å². The molecule has 62 valence electrons. The Morgan fingerprint density at radius 3 is 2.40 bits per heavy atom. The predicted molar refractivity (Wildman–Crippen MR) is 50.8 cm³/mol. The Balaban J connectivity index is 2.65. The van der Waals surface area contributed by atoms with E-state index in [-0.39, 0.29) is 0 Å². The highest BCUT2D eigenvalue weighted by atomic mass is 32.2. The van der Waals surface area contributed by atoms with E-state index >= 15 is 0 Å². The molecule has 0 bridgehead atoms. The van der Waals surface area contributed by atoms with Crippen molar-refractivity contribution >= 4 is 11.8 Å². The van der Waals surface area contributed by atoms with Crippen LogP contribution in [0.5, 0.6) is 0 Å². The van der Waals surface area contributed by atoms with Crippen LogP contribution in [0.4, 0.5) is 0 Å². The molecule has 0 amide bonds. The van der Waals surface area contributed by atoms with Gasteiger partial charge in [0.25, 0.3) is 0 Å². The highest BCUT2D eigenvalue weighted by molar-refractivity contribution is 7.98. The summed E-state index contributed by atoms with van der Waals surface area (Å²) in [5, 5.41) is 3.15. The lowest BCUT2D eigenvalue weighted by Crippen LogP contribution is -2.06. The fraction of sp³-hybridized carbons (Fsp3) is 1.00. The monoisotopic (exact) mass is 161 g/mol. The van der Waals surface area contributed by atoms with Crippen LogP contribution in [-0.2, 0) is 0 Å².